The Bertz CT molecular complexity index is 1550. The van der Waals surface area contributed by atoms with Gasteiger partial charge in [0.05, 0.1) is 12.1 Å². The largest absolute Gasteiger partial charge is 0.493 e. The Morgan fingerprint density at radius 2 is 1.48 bits per heavy atom. The monoisotopic (exact) mass is 680 g/mol. The lowest BCUT2D eigenvalue weighted by Gasteiger charge is -2.14. The number of amides is 1. The molecule has 0 unspecified atom stereocenters. The highest BCUT2D eigenvalue weighted by Crippen LogP contribution is 2.37. The summed E-state index contributed by atoms with van der Waals surface area (Å²) in [6.07, 6.45) is 1.44. The molecule has 0 saturated carbocycles. The van der Waals surface area contributed by atoms with Crippen LogP contribution in [0.4, 0.5) is 5.69 Å². The van der Waals surface area contributed by atoms with Crippen molar-refractivity contribution < 1.29 is 19.0 Å². The summed E-state index contributed by atoms with van der Waals surface area (Å²) in [4.78, 5) is 12.8. The topological polar surface area (TPSA) is 80.6 Å². The van der Waals surface area contributed by atoms with Gasteiger partial charge in [-0.25, -0.2) is 0 Å². The molecule has 1 N–H and O–H groups in total. The molecule has 0 aliphatic rings. The molecule has 0 fully saturated rings. The highest BCUT2D eigenvalue weighted by molar-refractivity contribution is 9.10. The molecule has 202 valence electrons. The van der Waals surface area contributed by atoms with Gasteiger partial charge < -0.3 is 19.5 Å². The minimum absolute atomic E-state index is 0.0998. The van der Waals surface area contributed by atoms with Gasteiger partial charge in [0.15, 0.2) is 11.5 Å². The van der Waals surface area contributed by atoms with Crippen molar-refractivity contribution in [3.05, 3.63) is 121 Å². The van der Waals surface area contributed by atoms with E-state index in [1.807, 2.05) is 54.6 Å². The van der Waals surface area contributed by atoms with Crippen LogP contribution >= 0.6 is 43.5 Å². The predicted octanol–water partition coefficient (Wildman–Crippen LogP) is 8.58. The third kappa shape index (κ3) is 8.12. The normalized spacial score (nSPS) is 10.9. The summed E-state index contributed by atoms with van der Waals surface area (Å²) in [6.45, 7) is 0.707. The molecule has 40 heavy (non-hydrogen) atoms. The van der Waals surface area contributed by atoms with Crippen LogP contribution in [0.15, 0.2) is 99.4 Å². The van der Waals surface area contributed by atoms with Gasteiger partial charge in [0, 0.05) is 14.6 Å². The molecule has 6 nitrogen and oxygen atoms in total. The lowest BCUT2D eigenvalue weighted by atomic mass is 10.1. The standard InChI is InChI=1S/C31H23Br2ClN2O4/c1-38-29-16-22(15-28(34)30(29)40-19-21-4-8-25(33)9-5-21)14-23(17-35)31(37)36-26-10-12-27(13-11-26)39-18-20-2-6-24(32)7-3-20/h2-16H,18-19H2,1H3,(H,36,37)/b23-14+. The number of nitrogens with one attached hydrogen (secondary N) is 1. The van der Waals surface area contributed by atoms with E-state index in [1.54, 1.807) is 36.4 Å². The minimum atomic E-state index is -0.559. The first-order valence-corrected chi connectivity index (χ1v) is 14.0. The molecule has 0 radical (unpaired) electrons. The van der Waals surface area contributed by atoms with Crippen LogP contribution < -0.4 is 19.5 Å². The Morgan fingerprint density at radius 1 is 0.900 bits per heavy atom. The highest BCUT2D eigenvalue weighted by Gasteiger charge is 2.15. The highest BCUT2D eigenvalue weighted by atomic mass is 79.9. The number of nitrogens with zero attached hydrogens (tertiary/aromatic N) is 1. The fraction of sp³-hybridized carbons (Fsp3) is 0.0968. The first kappa shape index (κ1) is 29.2. The molecule has 0 spiro atoms. The van der Waals surface area contributed by atoms with Crippen LogP contribution in [0.25, 0.3) is 6.08 Å². The van der Waals surface area contributed by atoms with Gasteiger partial charge in [0.2, 0.25) is 0 Å². The van der Waals surface area contributed by atoms with Crippen molar-refractivity contribution in [2.45, 2.75) is 13.2 Å². The van der Waals surface area contributed by atoms with Crippen molar-refractivity contribution in [3.63, 3.8) is 0 Å². The second kappa shape index (κ2) is 14.0. The summed E-state index contributed by atoms with van der Waals surface area (Å²) in [5, 5.41) is 12.7. The van der Waals surface area contributed by atoms with Crippen LogP contribution in [0, 0.1) is 11.3 Å². The van der Waals surface area contributed by atoms with Gasteiger partial charge in [-0.05, 0) is 83.4 Å². The van der Waals surface area contributed by atoms with Crippen molar-refractivity contribution in [1.82, 2.24) is 0 Å². The van der Waals surface area contributed by atoms with Crippen LogP contribution in [0.5, 0.6) is 17.2 Å². The Morgan fingerprint density at radius 3 is 2.02 bits per heavy atom. The fourth-order valence-corrected chi connectivity index (χ4v) is 4.40. The molecule has 0 aliphatic heterocycles. The molecule has 0 saturated heterocycles. The number of anilines is 1. The first-order chi connectivity index (χ1) is 19.3. The van der Waals surface area contributed by atoms with Gasteiger partial charge in [-0.15, -0.1) is 0 Å². The van der Waals surface area contributed by atoms with Gasteiger partial charge in [0.1, 0.15) is 30.6 Å². The smallest absolute Gasteiger partial charge is 0.266 e. The third-order valence-electron chi connectivity index (χ3n) is 5.66. The molecule has 4 aromatic rings. The lowest BCUT2D eigenvalue weighted by molar-refractivity contribution is -0.112. The van der Waals surface area contributed by atoms with Crippen LogP contribution in [0.2, 0.25) is 5.02 Å². The zero-order valence-corrected chi connectivity index (χ0v) is 25.2. The van der Waals surface area contributed by atoms with Crippen LogP contribution in [0.3, 0.4) is 0 Å². The zero-order chi connectivity index (χ0) is 28.5. The Labute approximate surface area is 254 Å². The number of ether oxygens (including phenoxy) is 3. The van der Waals surface area contributed by atoms with Crippen molar-refractivity contribution in [2.75, 3.05) is 12.4 Å². The van der Waals surface area contributed by atoms with Gasteiger partial charge in [-0.1, -0.05) is 67.7 Å². The molecule has 4 rings (SSSR count). The van der Waals surface area contributed by atoms with E-state index in [2.05, 4.69) is 37.2 Å². The summed E-state index contributed by atoms with van der Waals surface area (Å²) in [5.74, 6) is 0.847. The average Bonchev–Trinajstić information content (AvgIpc) is 2.96. The van der Waals surface area contributed by atoms with E-state index in [4.69, 9.17) is 25.8 Å². The van der Waals surface area contributed by atoms with E-state index in [0.717, 1.165) is 20.1 Å². The van der Waals surface area contributed by atoms with Crippen LogP contribution in [-0.2, 0) is 18.0 Å². The Hall–Kier alpha value is -3.77. The number of hydrogen-bond acceptors (Lipinski definition) is 5. The molecule has 9 heteroatoms. The molecule has 0 bridgehead atoms. The van der Waals surface area contributed by atoms with E-state index in [0.29, 0.717) is 46.7 Å². The van der Waals surface area contributed by atoms with E-state index >= 15 is 0 Å². The SMILES string of the molecule is COc1cc(/C=C(\C#N)C(=O)Nc2ccc(OCc3ccc(Br)cc3)cc2)cc(Cl)c1OCc1ccc(Br)cc1. The van der Waals surface area contributed by atoms with Crippen LogP contribution in [-0.4, -0.2) is 13.0 Å². The van der Waals surface area contributed by atoms with Gasteiger partial charge >= 0.3 is 0 Å². The average molecular weight is 683 g/mol. The maximum Gasteiger partial charge on any atom is 0.266 e. The second-order valence-electron chi connectivity index (χ2n) is 8.51. The van der Waals surface area contributed by atoms with Gasteiger partial charge in [-0.2, -0.15) is 5.26 Å². The van der Waals surface area contributed by atoms with E-state index in [1.165, 1.54) is 13.2 Å². The summed E-state index contributed by atoms with van der Waals surface area (Å²) < 4.78 is 19.1. The van der Waals surface area contributed by atoms with E-state index in [-0.39, 0.29) is 5.57 Å². The molecule has 0 heterocycles. The minimum Gasteiger partial charge on any atom is -0.493 e. The summed E-state index contributed by atoms with van der Waals surface area (Å²) in [5.41, 5.74) is 2.93. The Balaban J connectivity index is 1.41. The maximum atomic E-state index is 12.8. The molecule has 0 atom stereocenters. The molecular weight excluding hydrogens is 660 g/mol. The van der Waals surface area contributed by atoms with Crippen LogP contribution in [0.1, 0.15) is 16.7 Å². The van der Waals surface area contributed by atoms with Crippen molar-refractivity contribution in [1.29, 1.82) is 5.26 Å². The number of benzene rings is 4. The number of nitriles is 1. The maximum absolute atomic E-state index is 12.8. The number of carbonyl (C=O) groups is 1. The predicted molar refractivity (Wildman–Crippen MR) is 164 cm³/mol. The number of halogens is 3. The summed E-state index contributed by atoms with van der Waals surface area (Å²) in [6, 6.07) is 27.7. The number of rotatable bonds is 10. The molecule has 0 aromatic heterocycles. The van der Waals surface area contributed by atoms with Crippen molar-refractivity contribution >= 4 is 61.1 Å². The van der Waals surface area contributed by atoms with E-state index in [9.17, 15) is 10.1 Å². The molecular formula is C31H23Br2ClN2O4. The summed E-state index contributed by atoms with van der Waals surface area (Å²) in [7, 11) is 1.50. The summed E-state index contributed by atoms with van der Waals surface area (Å²) >= 11 is 13.3. The first-order valence-electron chi connectivity index (χ1n) is 12.0. The number of carbonyl (C=O) groups excluding carboxylic acids is 1. The number of methoxy groups -OCH3 is 1. The van der Waals surface area contributed by atoms with Gasteiger partial charge in [0.25, 0.3) is 5.91 Å². The Kier molecular flexibility index (Phi) is 10.3. The fourth-order valence-electron chi connectivity index (χ4n) is 3.59. The van der Waals surface area contributed by atoms with E-state index < -0.39 is 5.91 Å². The van der Waals surface area contributed by atoms with Crippen molar-refractivity contribution in [2.24, 2.45) is 0 Å². The van der Waals surface area contributed by atoms with Gasteiger partial charge in [-0.3, -0.25) is 4.79 Å². The zero-order valence-electron chi connectivity index (χ0n) is 21.3. The second-order valence-corrected chi connectivity index (χ2v) is 10.8. The van der Waals surface area contributed by atoms with Crippen molar-refractivity contribution in [3.8, 4) is 23.3 Å². The number of hydrogen-bond donors (Lipinski definition) is 1. The molecule has 1 amide bonds. The molecule has 4 aromatic carbocycles. The quantitative estimate of drug-likeness (QED) is 0.134. The third-order valence-corrected chi connectivity index (χ3v) is 6.99. The molecule has 0 aliphatic carbocycles. The lowest BCUT2D eigenvalue weighted by Crippen LogP contribution is -2.13.